The second-order valence-corrected chi connectivity index (χ2v) is 8.22. The Kier molecular flexibility index (Phi) is 3.34. The average molecular weight is 302 g/mol. The summed E-state index contributed by atoms with van der Waals surface area (Å²) in [7, 11) is 0. The van der Waals surface area contributed by atoms with Crippen molar-refractivity contribution in [1.82, 2.24) is 0 Å². The number of Topliss-reactive ketones (excluding diaryl/α,β-unsaturated/α-hetero) is 1. The third kappa shape index (κ3) is 1.97. The summed E-state index contributed by atoms with van der Waals surface area (Å²) in [4.78, 5) is 24.2. The molecule has 0 heterocycles. The van der Waals surface area contributed by atoms with Crippen molar-refractivity contribution in [2.24, 2.45) is 29.1 Å². The van der Waals surface area contributed by atoms with Crippen LogP contribution in [-0.4, -0.2) is 22.8 Å². The molecule has 0 radical (unpaired) electrons. The number of aliphatic hydroxyl groups is 1. The summed E-state index contributed by atoms with van der Waals surface area (Å²) in [6.45, 7) is 2.11. The van der Waals surface area contributed by atoms with Crippen molar-refractivity contribution in [2.45, 2.75) is 64.4 Å². The molecule has 3 heteroatoms. The molecule has 0 aliphatic heterocycles. The summed E-state index contributed by atoms with van der Waals surface area (Å²) < 4.78 is 0. The second-order valence-electron chi connectivity index (χ2n) is 8.22. The van der Waals surface area contributed by atoms with Crippen LogP contribution in [0.3, 0.4) is 0 Å². The van der Waals surface area contributed by atoms with Crippen molar-refractivity contribution in [3.05, 3.63) is 11.6 Å². The molecular weight excluding hydrogens is 276 g/mol. The Morgan fingerprint density at radius 2 is 1.95 bits per heavy atom. The number of carbonyl (C=O) groups excluding carboxylic acids is 2. The van der Waals surface area contributed by atoms with Gasteiger partial charge in [0.25, 0.3) is 0 Å². The summed E-state index contributed by atoms with van der Waals surface area (Å²) in [6, 6.07) is 0. The van der Waals surface area contributed by atoms with Crippen molar-refractivity contribution >= 4 is 11.6 Å². The third-order valence-corrected chi connectivity index (χ3v) is 7.22. The van der Waals surface area contributed by atoms with Crippen molar-refractivity contribution in [3.8, 4) is 0 Å². The fraction of sp³-hybridized carbons (Fsp3) is 0.789. The van der Waals surface area contributed by atoms with E-state index in [0.717, 1.165) is 32.1 Å². The van der Waals surface area contributed by atoms with E-state index in [9.17, 15) is 14.7 Å². The lowest BCUT2D eigenvalue weighted by Gasteiger charge is -2.57. The van der Waals surface area contributed by atoms with Gasteiger partial charge in [-0.05, 0) is 68.3 Å². The van der Waals surface area contributed by atoms with Gasteiger partial charge in [0.1, 0.15) is 5.78 Å². The maximum atomic E-state index is 12.5. The lowest BCUT2D eigenvalue weighted by molar-refractivity contribution is -0.156. The molecule has 0 aromatic heterocycles. The Hall–Kier alpha value is -0.960. The van der Waals surface area contributed by atoms with Gasteiger partial charge in [-0.2, -0.15) is 0 Å². The van der Waals surface area contributed by atoms with Gasteiger partial charge < -0.3 is 5.11 Å². The van der Waals surface area contributed by atoms with Gasteiger partial charge in [-0.15, -0.1) is 0 Å². The number of rotatable bonds is 0. The molecule has 0 aromatic rings. The van der Waals surface area contributed by atoms with Gasteiger partial charge >= 0.3 is 0 Å². The van der Waals surface area contributed by atoms with Crippen LogP contribution in [-0.2, 0) is 9.59 Å². The van der Waals surface area contributed by atoms with E-state index in [2.05, 4.69) is 6.92 Å². The number of ketones is 2. The van der Waals surface area contributed by atoms with E-state index >= 15 is 0 Å². The highest BCUT2D eigenvalue weighted by molar-refractivity contribution is 5.91. The van der Waals surface area contributed by atoms with Gasteiger partial charge in [-0.3, -0.25) is 9.59 Å². The molecule has 4 aliphatic carbocycles. The van der Waals surface area contributed by atoms with Crippen LogP contribution in [0.4, 0.5) is 0 Å². The molecule has 4 aliphatic rings. The molecule has 4 rings (SSSR count). The Morgan fingerprint density at radius 1 is 1.14 bits per heavy atom. The molecule has 0 bridgehead atoms. The predicted molar refractivity (Wildman–Crippen MR) is 83.1 cm³/mol. The molecule has 0 saturated heterocycles. The summed E-state index contributed by atoms with van der Waals surface area (Å²) in [5, 5.41) is 10.9. The van der Waals surface area contributed by atoms with Crippen LogP contribution in [0.25, 0.3) is 0 Å². The van der Waals surface area contributed by atoms with E-state index in [1.807, 2.05) is 6.08 Å². The minimum atomic E-state index is -0.379. The zero-order valence-electron chi connectivity index (χ0n) is 13.4. The Morgan fingerprint density at radius 3 is 2.77 bits per heavy atom. The molecule has 22 heavy (non-hydrogen) atoms. The molecule has 0 aromatic carbocycles. The zero-order valence-corrected chi connectivity index (χ0v) is 13.4. The molecule has 1 N–H and O–H groups in total. The maximum Gasteiger partial charge on any atom is 0.155 e. The Balaban J connectivity index is 1.69. The number of hydrogen-bond acceptors (Lipinski definition) is 3. The largest absolute Gasteiger partial charge is 0.393 e. The normalized spacial score (nSPS) is 48.1. The maximum absolute atomic E-state index is 12.5. The monoisotopic (exact) mass is 302 g/mol. The predicted octanol–water partition coefficient (Wildman–Crippen LogP) is 3.06. The topological polar surface area (TPSA) is 54.4 Å². The van der Waals surface area contributed by atoms with E-state index in [1.54, 1.807) is 0 Å². The lowest BCUT2D eigenvalue weighted by Crippen LogP contribution is -2.56. The molecule has 6 atom stereocenters. The van der Waals surface area contributed by atoms with E-state index in [4.69, 9.17) is 0 Å². The smallest absolute Gasteiger partial charge is 0.155 e. The van der Waals surface area contributed by atoms with E-state index in [1.165, 1.54) is 5.57 Å². The SMILES string of the molecule is C[C@]12C[C@@H](O)[C@H]3[C@@H](CCC4=CC(=O)CC[C@@H]43)[C@@H]1CCCC2=O. The van der Waals surface area contributed by atoms with Gasteiger partial charge in [0.15, 0.2) is 5.78 Å². The van der Waals surface area contributed by atoms with Crippen LogP contribution in [0, 0.1) is 29.1 Å². The summed E-state index contributed by atoms with van der Waals surface area (Å²) in [6.07, 6.45) is 8.54. The van der Waals surface area contributed by atoms with Crippen molar-refractivity contribution < 1.29 is 14.7 Å². The molecule has 0 unspecified atom stereocenters. The van der Waals surface area contributed by atoms with Crippen molar-refractivity contribution in [3.63, 3.8) is 0 Å². The fourth-order valence-electron chi connectivity index (χ4n) is 6.23. The van der Waals surface area contributed by atoms with Gasteiger partial charge in [-0.1, -0.05) is 12.5 Å². The standard InChI is InChI=1S/C19H26O3/c1-19-10-16(21)18-13-8-6-12(20)9-11(13)5-7-14(18)15(19)3-2-4-17(19)22/h9,13-16,18,21H,2-8,10H2,1H3/t13-,14-,15-,16+,18+,19-/m0/s1. The third-order valence-electron chi connectivity index (χ3n) is 7.22. The van der Waals surface area contributed by atoms with Crippen LogP contribution in [0.1, 0.15) is 58.3 Å². The van der Waals surface area contributed by atoms with Gasteiger partial charge in [0, 0.05) is 18.3 Å². The van der Waals surface area contributed by atoms with Gasteiger partial charge in [0.2, 0.25) is 0 Å². The van der Waals surface area contributed by atoms with Crippen LogP contribution < -0.4 is 0 Å². The highest BCUT2D eigenvalue weighted by Crippen LogP contribution is 2.59. The highest BCUT2D eigenvalue weighted by atomic mass is 16.3. The molecule has 3 fully saturated rings. The minimum Gasteiger partial charge on any atom is -0.393 e. The van der Waals surface area contributed by atoms with E-state index < -0.39 is 0 Å². The Bertz CT molecular complexity index is 549. The Labute approximate surface area is 132 Å². The number of allylic oxidation sites excluding steroid dienone is 2. The quantitative estimate of drug-likeness (QED) is 0.748. The summed E-state index contributed by atoms with van der Waals surface area (Å²) in [5.74, 6) is 2.20. The number of aliphatic hydroxyl groups excluding tert-OH is 1. The number of carbonyl (C=O) groups is 2. The van der Waals surface area contributed by atoms with Crippen molar-refractivity contribution in [1.29, 1.82) is 0 Å². The van der Waals surface area contributed by atoms with E-state index in [-0.39, 0.29) is 23.2 Å². The molecule has 120 valence electrons. The second kappa shape index (κ2) is 5.02. The first-order valence-electron chi connectivity index (χ1n) is 8.95. The summed E-state index contributed by atoms with van der Waals surface area (Å²) >= 11 is 0. The first kappa shape index (κ1) is 14.6. The summed E-state index contributed by atoms with van der Waals surface area (Å²) in [5.41, 5.74) is 0.979. The van der Waals surface area contributed by atoms with Crippen LogP contribution in [0.2, 0.25) is 0 Å². The average Bonchev–Trinajstić information content (AvgIpc) is 2.48. The van der Waals surface area contributed by atoms with E-state index in [0.29, 0.717) is 42.8 Å². The molecular formula is C19H26O3. The lowest BCUT2D eigenvalue weighted by atomic mass is 9.47. The van der Waals surface area contributed by atoms with Crippen LogP contribution in [0.5, 0.6) is 0 Å². The molecule has 0 amide bonds. The first-order chi connectivity index (χ1) is 10.5. The zero-order chi connectivity index (χ0) is 15.5. The minimum absolute atomic E-state index is 0.257. The molecule has 0 spiro atoms. The number of hydrogen-bond donors (Lipinski definition) is 1. The van der Waals surface area contributed by atoms with Crippen LogP contribution >= 0.6 is 0 Å². The molecule has 3 saturated carbocycles. The fourth-order valence-corrected chi connectivity index (χ4v) is 6.23. The van der Waals surface area contributed by atoms with Gasteiger partial charge in [0.05, 0.1) is 6.10 Å². The number of fused-ring (bicyclic) bond motifs is 5. The van der Waals surface area contributed by atoms with Gasteiger partial charge in [-0.25, -0.2) is 0 Å². The van der Waals surface area contributed by atoms with Crippen LogP contribution in [0.15, 0.2) is 11.6 Å². The first-order valence-corrected chi connectivity index (χ1v) is 8.95. The highest BCUT2D eigenvalue weighted by Gasteiger charge is 2.57. The van der Waals surface area contributed by atoms with Crippen molar-refractivity contribution in [2.75, 3.05) is 0 Å². The molecule has 3 nitrogen and oxygen atoms in total.